The monoisotopic (exact) mass is 296 g/mol. The summed E-state index contributed by atoms with van der Waals surface area (Å²) >= 11 is 8.80. The lowest BCUT2D eigenvalue weighted by molar-refractivity contribution is 0.252. The zero-order chi connectivity index (χ0) is 11.3. The number of aliphatic hydroxyl groups is 1. The van der Waals surface area contributed by atoms with Gasteiger partial charge in [-0.2, -0.15) is 0 Å². The summed E-state index contributed by atoms with van der Waals surface area (Å²) in [5, 5.41) is 8.62. The molecule has 5 heteroatoms. The van der Waals surface area contributed by atoms with Gasteiger partial charge in [0.15, 0.2) is 0 Å². The molecule has 0 radical (unpaired) electrons. The molecule has 0 fully saturated rings. The number of rotatable bonds is 5. The molecule has 84 valence electrons. The largest absolute Gasteiger partial charge is 0.492 e. The van der Waals surface area contributed by atoms with Crippen LogP contribution in [0.1, 0.15) is 12.8 Å². The van der Waals surface area contributed by atoms with Crippen LogP contribution in [0.25, 0.3) is 0 Å². The molecule has 0 aliphatic heterocycles. The van der Waals surface area contributed by atoms with Gasteiger partial charge in [0.25, 0.3) is 0 Å². The fourth-order valence-corrected chi connectivity index (χ4v) is 1.76. The normalized spacial score (nSPS) is 10.4. The van der Waals surface area contributed by atoms with Gasteiger partial charge in [-0.1, -0.05) is 11.6 Å². The van der Waals surface area contributed by atoms with Crippen molar-refractivity contribution in [3.63, 3.8) is 0 Å². The van der Waals surface area contributed by atoms with Gasteiger partial charge in [0.05, 0.1) is 16.1 Å². The van der Waals surface area contributed by atoms with Crippen molar-refractivity contribution in [2.45, 2.75) is 12.8 Å². The lowest BCUT2D eigenvalue weighted by Crippen LogP contribution is -1.99. The summed E-state index contributed by atoms with van der Waals surface area (Å²) in [7, 11) is 0. The summed E-state index contributed by atoms with van der Waals surface area (Å²) in [6.45, 7) is 0.583. The Morgan fingerprint density at radius 3 is 2.80 bits per heavy atom. The number of hydrogen-bond acceptors (Lipinski definition) is 2. The van der Waals surface area contributed by atoms with Gasteiger partial charge in [0, 0.05) is 12.7 Å². The van der Waals surface area contributed by atoms with Crippen molar-refractivity contribution in [3.8, 4) is 5.75 Å². The van der Waals surface area contributed by atoms with E-state index in [1.54, 1.807) is 0 Å². The van der Waals surface area contributed by atoms with Gasteiger partial charge in [-0.05, 0) is 34.8 Å². The Hall–Kier alpha value is -0.320. The summed E-state index contributed by atoms with van der Waals surface area (Å²) in [6, 6.07) is 2.70. The van der Waals surface area contributed by atoms with E-state index in [1.807, 2.05) is 0 Å². The number of ether oxygens (including phenoxy) is 1. The van der Waals surface area contributed by atoms with Crippen molar-refractivity contribution < 1.29 is 14.2 Å². The van der Waals surface area contributed by atoms with E-state index >= 15 is 0 Å². The quantitative estimate of drug-likeness (QED) is 0.667. The van der Waals surface area contributed by atoms with Crippen LogP contribution in [0, 0.1) is 5.82 Å². The third-order valence-corrected chi connectivity index (χ3v) is 2.69. The number of benzene rings is 1. The maximum atomic E-state index is 13.1. The highest BCUT2D eigenvalue weighted by atomic mass is 79.9. The Morgan fingerprint density at radius 2 is 2.13 bits per heavy atom. The average Bonchev–Trinajstić information content (AvgIpc) is 2.20. The Kier molecular flexibility index (Phi) is 5.36. The molecule has 0 heterocycles. The second-order valence-corrected chi connectivity index (χ2v) is 4.24. The van der Waals surface area contributed by atoms with Gasteiger partial charge in [0.1, 0.15) is 11.6 Å². The van der Waals surface area contributed by atoms with Crippen LogP contribution in [-0.2, 0) is 0 Å². The van der Waals surface area contributed by atoms with E-state index in [2.05, 4.69) is 15.9 Å². The van der Waals surface area contributed by atoms with E-state index in [0.29, 0.717) is 23.2 Å². The predicted octanol–water partition coefficient (Wildman–Crippen LogP) is 3.39. The van der Waals surface area contributed by atoms with Crippen LogP contribution < -0.4 is 4.74 Å². The first-order valence-electron chi connectivity index (χ1n) is 4.53. The number of hydrogen-bond donors (Lipinski definition) is 1. The van der Waals surface area contributed by atoms with Crippen LogP contribution in [0.3, 0.4) is 0 Å². The molecule has 15 heavy (non-hydrogen) atoms. The number of unbranched alkanes of at least 4 members (excludes halogenated alkanes) is 1. The first kappa shape index (κ1) is 12.7. The van der Waals surface area contributed by atoms with Crippen molar-refractivity contribution in [2.24, 2.45) is 0 Å². The van der Waals surface area contributed by atoms with E-state index in [4.69, 9.17) is 21.4 Å². The molecule has 0 aromatic heterocycles. The molecule has 0 amide bonds. The van der Waals surface area contributed by atoms with Gasteiger partial charge in [-0.3, -0.25) is 0 Å². The maximum Gasteiger partial charge on any atom is 0.145 e. The van der Waals surface area contributed by atoms with E-state index in [1.165, 1.54) is 12.1 Å². The molecule has 0 aliphatic rings. The Balaban J connectivity index is 2.57. The molecule has 0 saturated heterocycles. The maximum absolute atomic E-state index is 13.1. The summed E-state index contributed by atoms with van der Waals surface area (Å²) < 4.78 is 19.0. The topological polar surface area (TPSA) is 29.5 Å². The molecule has 0 spiro atoms. The Labute approximate surface area is 101 Å². The standard InChI is InChI=1S/C10H11BrClFO2/c11-7-5-8(12)9(13)6-10(7)15-4-2-1-3-14/h5-6,14H,1-4H2. The van der Waals surface area contributed by atoms with E-state index in [0.717, 1.165) is 6.42 Å². The second-order valence-electron chi connectivity index (χ2n) is 2.98. The molecule has 1 aromatic carbocycles. The predicted molar refractivity (Wildman–Crippen MR) is 60.9 cm³/mol. The second kappa shape index (κ2) is 6.30. The van der Waals surface area contributed by atoms with Crippen molar-refractivity contribution in [3.05, 3.63) is 27.4 Å². The highest BCUT2D eigenvalue weighted by Crippen LogP contribution is 2.30. The van der Waals surface area contributed by atoms with Crippen molar-refractivity contribution >= 4 is 27.5 Å². The number of aliphatic hydroxyl groups excluding tert-OH is 1. The van der Waals surface area contributed by atoms with Gasteiger partial charge in [-0.25, -0.2) is 4.39 Å². The first-order valence-corrected chi connectivity index (χ1v) is 5.70. The molecule has 1 rings (SSSR count). The minimum absolute atomic E-state index is 0.0598. The molecule has 0 saturated carbocycles. The molecular weight excluding hydrogens is 286 g/mol. The SMILES string of the molecule is OCCCCOc1cc(F)c(Cl)cc1Br. The minimum atomic E-state index is -0.503. The highest BCUT2D eigenvalue weighted by Gasteiger charge is 2.07. The highest BCUT2D eigenvalue weighted by molar-refractivity contribution is 9.10. The Morgan fingerprint density at radius 1 is 1.40 bits per heavy atom. The van der Waals surface area contributed by atoms with E-state index in [9.17, 15) is 4.39 Å². The van der Waals surface area contributed by atoms with Crippen LogP contribution in [0.2, 0.25) is 5.02 Å². The van der Waals surface area contributed by atoms with Gasteiger partial charge >= 0.3 is 0 Å². The lowest BCUT2D eigenvalue weighted by atomic mass is 10.3. The van der Waals surface area contributed by atoms with Gasteiger partial charge in [0.2, 0.25) is 0 Å². The van der Waals surface area contributed by atoms with Gasteiger partial charge < -0.3 is 9.84 Å². The third-order valence-electron chi connectivity index (χ3n) is 1.78. The molecule has 0 atom stereocenters. The van der Waals surface area contributed by atoms with Crippen molar-refractivity contribution in [1.82, 2.24) is 0 Å². The molecule has 1 N–H and O–H groups in total. The average molecular weight is 298 g/mol. The molecular formula is C10H11BrClFO2. The van der Waals surface area contributed by atoms with Crippen molar-refractivity contribution in [2.75, 3.05) is 13.2 Å². The van der Waals surface area contributed by atoms with Crippen LogP contribution in [-0.4, -0.2) is 18.3 Å². The molecule has 0 unspecified atom stereocenters. The van der Waals surface area contributed by atoms with Gasteiger partial charge in [-0.15, -0.1) is 0 Å². The smallest absolute Gasteiger partial charge is 0.145 e. The zero-order valence-corrected chi connectivity index (χ0v) is 10.3. The van der Waals surface area contributed by atoms with E-state index < -0.39 is 5.82 Å². The molecule has 2 nitrogen and oxygen atoms in total. The minimum Gasteiger partial charge on any atom is -0.492 e. The van der Waals surface area contributed by atoms with Crippen LogP contribution in [0.5, 0.6) is 5.75 Å². The van der Waals surface area contributed by atoms with Crippen LogP contribution in [0.15, 0.2) is 16.6 Å². The zero-order valence-electron chi connectivity index (χ0n) is 7.97. The molecule has 1 aromatic rings. The fourth-order valence-electron chi connectivity index (χ4n) is 1.01. The number of halogens is 3. The van der Waals surface area contributed by atoms with Crippen LogP contribution in [0.4, 0.5) is 4.39 Å². The lowest BCUT2D eigenvalue weighted by Gasteiger charge is -2.08. The first-order chi connectivity index (χ1) is 7.15. The summed E-state index contributed by atoms with van der Waals surface area (Å²) in [5.41, 5.74) is 0. The fraction of sp³-hybridized carbons (Fsp3) is 0.400. The summed E-state index contributed by atoms with van der Waals surface area (Å²) in [5.74, 6) is -0.0770. The summed E-state index contributed by atoms with van der Waals surface area (Å²) in [4.78, 5) is 0. The van der Waals surface area contributed by atoms with Crippen LogP contribution >= 0.6 is 27.5 Å². The molecule has 0 aliphatic carbocycles. The molecule has 0 bridgehead atoms. The van der Waals surface area contributed by atoms with Crippen molar-refractivity contribution in [1.29, 1.82) is 0 Å². The Bertz CT molecular complexity index is 333. The van der Waals surface area contributed by atoms with E-state index in [-0.39, 0.29) is 11.6 Å². The summed E-state index contributed by atoms with van der Waals surface area (Å²) in [6.07, 6.45) is 1.40. The third kappa shape index (κ3) is 3.97.